The van der Waals surface area contributed by atoms with Crippen molar-refractivity contribution in [3.8, 4) is 11.5 Å². The second kappa shape index (κ2) is 10.2. The van der Waals surface area contributed by atoms with Crippen LogP contribution in [-0.4, -0.2) is 0 Å². The molecule has 0 bridgehead atoms. The molecule has 0 saturated carbocycles. The van der Waals surface area contributed by atoms with Gasteiger partial charge in [0.25, 0.3) is 0 Å². The van der Waals surface area contributed by atoms with E-state index in [1.165, 1.54) is 0 Å². The fraction of sp³-hybridized carbons (Fsp3) is 0.217. The maximum atomic E-state index is 5.89. The molecule has 2 nitrogen and oxygen atoms in total. The monoisotopic (exact) mass is 334 g/mol. The van der Waals surface area contributed by atoms with Gasteiger partial charge in [-0.25, -0.2) is 0 Å². The molecular weight excluding hydrogens is 308 g/mol. The average molecular weight is 334 g/mol. The van der Waals surface area contributed by atoms with Gasteiger partial charge < -0.3 is 9.47 Å². The highest BCUT2D eigenvalue weighted by Gasteiger charge is 2.02. The van der Waals surface area contributed by atoms with E-state index in [1.807, 2.05) is 75.4 Å². The summed E-state index contributed by atoms with van der Waals surface area (Å²) < 4.78 is 11.8. The molecule has 130 valence electrons. The molecule has 3 aromatic rings. The predicted octanol–water partition coefficient (Wildman–Crippen LogP) is 6.18. The molecule has 0 aromatic heterocycles. The van der Waals surface area contributed by atoms with E-state index in [2.05, 4.69) is 24.3 Å². The van der Waals surface area contributed by atoms with Gasteiger partial charge in [-0.05, 0) is 35.7 Å². The molecule has 0 atom stereocenters. The number of hydrogen-bond donors (Lipinski definition) is 0. The molecular formula is C23H26O2. The van der Waals surface area contributed by atoms with Crippen molar-refractivity contribution < 1.29 is 9.47 Å². The summed E-state index contributed by atoms with van der Waals surface area (Å²) in [5, 5.41) is 0. The van der Waals surface area contributed by atoms with E-state index in [0.29, 0.717) is 13.2 Å². The molecule has 0 aliphatic rings. The van der Waals surface area contributed by atoms with Crippen molar-refractivity contribution >= 4 is 0 Å². The van der Waals surface area contributed by atoms with E-state index < -0.39 is 0 Å². The van der Waals surface area contributed by atoms with Crippen LogP contribution in [0.25, 0.3) is 0 Å². The van der Waals surface area contributed by atoms with Crippen molar-refractivity contribution in [2.75, 3.05) is 0 Å². The van der Waals surface area contributed by atoms with Gasteiger partial charge in [-0.1, -0.05) is 74.5 Å². The van der Waals surface area contributed by atoms with Gasteiger partial charge >= 0.3 is 0 Å². The first kappa shape index (κ1) is 18.6. The highest BCUT2D eigenvalue weighted by atomic mass is 16.5. The Kier molecular flexibility index (Phi) is 7.58. The smallest absolute Gasteiger partial charge is 0.123 e. The first-order valence-corrected chi connectivity index (χ1v) is 8.75. The number of aryl methyl sites for hydroxylation is 1. The van der Waals surface area contributed by atoms with Gasteiger partial charge in [-0.3, -0.25) is 0 Å². The van der Waals surface area contributed by atoms with E-state index in [0.717, 1.165) is 28.2 Å². The summed E-state index contributed by atoms with van der Waals surface area (Å²) in [6.45, 7) is 7.16. The first-order chi connectivity index (χ1) is 12.3. The van der Waals surface area contributed by atoms with Gasteiger partial charge in [0.05, 0.1) is 0 Å². The Hall–Kier alpha value is -2.74. The van der Waals surface area contributed by atoms with Crippen LogP contribution >= 0.6 is 0 Å². The Morgan fingerprint density at radius 1 is 0.600 bits per heavy atom. The number of hydrogen-bond acceptors (Lipinski definition) is 2. The zero-order valence-corrected chi connectivity index (χ0v) is 15.2. The number of ether oxygens (including phenoxy) is 2. The SMILES string of the molecule is CC.Cc1cc(OCc2ccccc2)cc(OCc2ccccc2)c1. The molecule has 0 aliphatic carbocycles. The quantitative estimate of drug-likeness (QED) is 0.536. The third-order valence-electron chi connectivity index (χ3n) is 3.52. The van der Waals surface area contributed by atoms with Crippen LogP contribution in [-0.2, 0) is 13.2 Å². The van der Waals surface area contributed by atoms with Crippen LogP contribution < -0.4 is 9.47 Å². The number of benzene rings is 3. The molecule has 3 aromatic carbocycles. The lowest BCUT2D eigenvalue weighted by molar-refractivity contribution is 0.289. The Labute approximate surface area is 151 Å². The van der Waals surface area contributed by atoms with Crippen molar-refractivity contribution in [3.05, 3.63) is 95.6 Å². The molecule has 0 amide bonds. The standard InChI is InChI=1S/C21H20O2.C2H6/c1-17-12-20(22-15-18-8-4-2-5-9-18)14-21(13-17)23-16-19-10-6-3-7-11-19;1-2/h2-14H,15-16H2,1H3;1-2H3. The fourth-order valence-corrected chi connectivity index (χ4v) is 2.36. The van der Waals surface area contributed by atoms with Crippen molar-refractivity contribution in [3.63, 3.8) is 0 Å². The van der Waals surface area contributed by atoms with Gasteiger partial charge in [-0.15, -0.1) is 0 Å². The Morgan fingerprint density at radius 3 is 1.40 bits per heavy atom. The largest absolute Gasteiger partial charge is 0.489 e. The second-order valence-electron chi connectivity index (χ2n) is 5.53. The molecule has 0 radical (unpaired) electrons. The molecule has 3 rings (SSSR count). The van der Waals surface area contributed by atoms with E-state index in [1.54, 1.807) is 0 Å². The Balaban J connectivity index is 0.00000109. The molecule has 25 heavy (non-hydrogen) atoms. The zero-order chi connectivity index (χ0) is 17.9. The third-order valence-corrected chi connectivity index (χ3v) is 3.52. The lowest BCUT2D eigenvalue weighted by atomic mass is 10.2. The van der Waals surface area contributed by atoms with E-state index in [-0.39, 0.29) is 0 Å². The predicted molar refractivity (Wildman–Crippen MR) is 104 cm³/mol. The van der Waals surface area contributed by atoms with Crippen LogP contribution in [0.3, 0.4) is 0 Å². The van der Waals surface area contributed by atoms with Crippen LogP contribution in [0.15, 0.2) is 78.9 Å². The lowest BCUT2D eigenvalue weighted by Gasteiger charge is -2.11. The van der Waals surface area contributed by atoms with Gasteiger partial charge in [-0.2, -0.15) is 0 Å². The van der Waals surface area contributed by atoms with Crippen LogP contribution in [0.2, 0.25) is 0 Å². The molecule has 0 spiro atoms. The summed E-state index contributed by atoms with van der Waals surface area (Å²) in [6.07, 6.45) is 0. The molecule has 2 heteroatoms. The highest BCUT2D eigenvalue weighted by Crippen LogP contribution is 2.24. The highest BCUT2D eigenvalue weighted by molar-refractivity contribution is 5.38. The molecule has 0 heterocycles. The van der Waals surface area contributed by atoms with Crippen molar-refractivity contribution in [2.24, 2.45) is 0 Å². The van der Waals surface area contributed by atoms with Crippen molar-refractivity contribution in [1.82, 2.24) is 0 Å². The van der Waals surface area contributed by atoms with E-state index in [4.69, 9.17) is 9.47 Å². The summed E-state index contributed by atoms with van der Waals surface area (Å²) in [5.41, 5.74) is 3.43. The Bertz CT molecular complexity index is 675. The van der Waals surface area contributed by atoms with Crippen LogP contribution in [0, 0.1) is 6.92 Å². The summed E-state index contributed by atoms with van der Waals surface area (Å²) in [5.74, 6) is 1.66. The summed E-state index contributed by atoms with van der Waals surface area (Å²) in [4.78, 5) is 0. The average Bonchev–Trinajstić information content (AvgIpc) is 2.68. The maximum Gasteiger partial charge on any atom is 0.123 e. The minimum absolute atomic E-state index is 0.558. The van der Waals surface area contributed by atoms with E-state index in [9.17, 15) is 0 Å². The van der Waals surface area contributed by atoms with Gasteiger partial charge in [0.15, 0.2) is 0 Å². The van der Waals surface area contributed by atoms with Gasteiger partial charge in [0.2, 0.25) is 0 Å². The van der Waals surface area contributed by atoms with Gasteiger partial charge in [0, 0.05) is 6.07 Å². The zero-order valence-electron chi connectivity index (χ0n) is 15.2. The van der Waals surface area contributed by atoms with Crippen LogP contribution in [0.1, 0.15) is 30.5 Å². The maximum absolute atomic E-state index is 5.89. The van der Waals surface area contributed by atoms with Crippen molar-refractivity contribution in [1.29, 1.82) is 0 Å². The lowest BCUT2D eigenvalue weighted by Crippen LogP contribution is -1.98. The fourth-order valence-electron chi connectivity index (χ4n) is 2.36. The summed E-state index contributed by atoms with van der Waals surface area (Å²) in [7, 11) is 0. The third kappa shape index (κ3) is 6.34. The van der Waals surface area contributed by atoms with Crippen LogP contribution in [0.4, 0.5) is 0 Å². The Morgan fingerprint density at radius 2 is 1.00 bits per heavy atom. The van der Waals surface area contributed by atoms with Crippen molar-refractivity contribution in [2.45, 2.75) is 34.0 Å². The molecule has 0 unspecified atom stereocenters. The normalized spacial score (nSPS) is 9.72. The number of rotatable bonds is 6. The molecule has 0 N–H and O–H groups in total. The molecule has 0 saturated heterocycles. The molecule has 0 aliphatic heterocycles. The topological polar surface area (TPSA) is 18.5 Å². The molecule has 0 fully saturated rings. The first-order valence-electron chi connectivity index (χ1n) is 8.75. The van der Waals surface area contributed by atoms with Gasteiger partial charge in [0.1, 0.15) is 24.7 Å². The van der Waals surface area contributed by atoms with E-state index >= 15 is 0 Å². The summed E-state index contributed by atoms with van der Waals surface area (Å²) in [6, 6.07) is 26.3. The van der Waals surface area contributed by atoms with Crippen LogP contribution in [0.5, 0.6) is 11.5 Å². The minimum atomic E-state index is 0.558. The minimum Gasteiger partial charge on any atom is -0.489 e. The summed E-state index contributed by atoms with van der Waals surface area (Å²) >= 11 is 0. The second-order valence-corrected chi connectivity index (χ2v) is 5.53.